The molecule has 0 atom stereocenters. The van der Waals surface area contributed by atoms with Crippen LogP contribution in [0.1, 0.15) is 49.0 Å². The molecule has 6 nitrogen and oxygen atoms in total. The minimum atomic E-state index is -0.314. The third-order valence-electron chi connectivity index (χ3n) is 3.30. The Hall–Kier alpha value is -2.76. The molecule has 2 heterocycles. The van der Waals surface area contributed by atoms with Crippen LogP contribution in [0.4, 0.5) is 11.5 Å². The largest absolute Gasteiger partial charge is 0.325 e. The Morgan fingerprint density at radius 2 is 2.00 bits per heavy atom. The van der Waals surface area contributed by atoms with E-state index in [1.807, 2.05) is 26.0 Å². The van der Waals surface area contributed by atoms with Crippen molar-refractivity contribution in [3.05, 3.63) is 47.9 Å². The monoisotopic (exact) mass is 312 g/mol. The highest BCUT2D eigenvalue weighted by molar-refractivity contribution is 6.05. The lowest BCUT2D eigenvalue weighted by Gasteiger charge is -2.12. The van der Waals surface area contributed by atoms with E-state index in [0.717, 1.165) is 5.56 Å². The van der Waals surface area contributed by atoms with E-state index in [9.17, 15) is 9.59 Å². The first-order valence-corrected chi connectivity index (χ1v) is 7.52. The molecule has 0 unspecified atom stereocenters. The molecule has 6 heteroatoms. The van der Waals surface area contributed by atoms with Gasteiger partial charge in [-0.15, -0.1) is 0 Å². The molecule has 0 bridgehead atoms. The topological polar surface area (TPSA) is 84.0 Å². The molecule has 0 aliphatic heterocycles. The van der Waals surface area contributed by atoms with Gasteiger partial charge in [-0.25, -0.2) is 4.98 Å². The molecular weight excluding hydrogens is 292 g/mol. The number of hydrogen-bond donors (Lipinski definition) is 2. The Balaban J connectivity index is 2.18. The van der Waals surface area contributed by atoms with Crippen molar-refractivity contribution >= 4 is 23.3 Å². The van der Waals surface area contributed by atoms with Crippen LogP contribution in [-0.2, 0) is 4.79 Å². The molecule has 2 aromatic rings. The molecule has 2 aromatic heterocycles. The van der Waals surface area contributed by atoms with E-state index in [4.69, 9.17) is 0 Å². The summed E-state index contributed by atoms with van der Waals surface area (Å²) in [6.07, 6.45) is 4.96. The van der Waals surface area contributed by atoms with Crippen LogP contribution < -0.4 is 10.6 Å². The third kappa shape index (κ3) is 4.35. The second-order valence-corrected chi connectivity index (χ2v) is 5.41. The fraction of sp³-hybridized carbons (Fsp3) is 0.294. The summed E-state index contributed by atoms with van der Waals surface area (Å²) >= 11 is 0. The van der Waals surface area contributed by atoms with Gasteiger partial charge < -0.3 is 10.6 Å². The maximum atomic E-state index is 12.4. The first kappa shape index (κ1) is 16.6. The standard InChI is InChI=1S/C17H20N4O2/c1-4-15(22)20-13-8-12(9-18-10-13)17(23)21-16-14(11(2)3)6-5-7-19-16/h5-11H,4H2,1-3H3,(H,20,22)(H,19,21,23). The summed E-state index contributed by atoms with van der Waals surface area (Å²) in [5, 5.41) is 5.48. The Labute approximate surface area is 135 Å². The fourth-order valence-electron chi connectivity index (χ4n) is 2.05. The van der Waals surface area contributed by atoms with E-state index in [1.54, 1.807) is 19.2 Å². The van der Waals surface area contributed by atoms with Crippen molar-refractivity contribution in [1.29, 1.82) is 0 Å². The van der Waals surface area contributed by atoms with Crippen molar-refractivity contribution in [2.24, 2.45) is 0 Å². The van der Waals surface area contributed by atoms with Crippen molar-refractivity contribution in [1.82, 2.24) is 9.97 Å². The van der Waals surface area contributed by atoms with Crippen LogP contribution in [0.5, 0.6) is 0 Å². The molecule has 2 N–H and O–H groups in total. The summed E-state index contributed by atoms with van der Waals surface area (Å²) in [6.45, 7) is 5.83. The van der Waals surface area contributed by atoms with E-state index < -0.39 is 0 Å². The predicted molar refractivity (Wildman–Crippen MR) is 89.4 cm³/mol. The van der Waals surface area contributed by atoms with E-state index in [-0.39, 0.29) is 17.7 Å². The molecule has 2 rings (SSSR count). The summed E-state index contributed by atoms with van der Waals surface area (Å²) in [4.78, 5) is 32.0. The highest BCUT2D eigenvalue weighted by atomic mass is 16.2. The van der Waals surface area contributed by atoms with E-state index in [0.29, 0.717) is 23.5 Å². The van der Waals surface area contributed by atoms with Crippen LogP contribution in [0.2, 0.25) is 0 Å². The molecule has 120 valence electrons. The molecule has 0 aliphatic rings. The number of aromatic nitrogens is 2. The Morgan fingerprint density at radius 1 is 1.22 bits per heavy atom. The molecule has 23 heavy (non-hydrogen) atoms. The minimum Gasteiger partial charge on any atom is -0.325 e. The van der Waals surface area contributed by atoms with Gasteiger partial charge in [0.15, 0.2) is 0 Å². The Kier molecular flexibility index (Phi) is 5.41. The van der Waals surface area contributed by atoms with E-state index in [1.165, 1.54) is 12.4 Å². The first-order valence-electron chi connectivity index (χ1n) is 7.52. The van der Waals surface area contributed by atoms with Gasteiger partial charge in [0, 0.05) is 18.8 Å². The average Bonchev–Trinajstić information content (AvgIpc) is 2.55. The zero-order valence-electron chi connectivity index (χ0n) is 13.5. The average molecular weight is 312 g/mol. The SMILES string of the molecule is CCC(=O)Nc1cncc(C(=O)Nc2ncccc2C(C)C)c1. The van der Waals surface area contributed by atoms with Crippen LogP contribution in [0.25, 0.3) is 0 Å². The zero-order chi connectivity index (χ0) is 16.8. The number of nitrogens with zero attached hydrogens (tertiary/aromatic N) is 2. The van der Waals surface area contributed by atoms with Crippen LogP contribution in [0.15, 0.2) is 36.8 Å². The van der Waals surface area contributed by atoms with Gasteiger partial charge >= 0.3 is 0 Å². The summed E-state index contributed by atoms with van der Waals surface area (Å²) < 4.78 is 0. The second-order valence-electron chi connectivity index (χ2n) is 5.41. The third-order valence-corrected chi connectivity index (χ3v) is 3.30. The molecule has 0 aliphatic carbocycles. The van der Waals surface area contributed by atoms with E-state index in [2.05, 4.69) is 20.6 Å². The number of anilines is 2. The molecule has 0 saturated carbocycles. The lowest BCUT2D eigenvalue weighted by molar-refractivity contribution is -0.115. The number of carbonyl (C=O) groups excluding carboxylic acids is 2. The molecule has 0 spiro atoms. The lowest BCUT2D eigenvalue weighted by Crippen LogP contribution is -2.16. The van der Waals surface area contributed by atoms with Gasteiger partial charge in [-0.3, -0.25) is 14.6 Å². The Bertz CT molecular complexity index is 713. The van der Waals surface area contributed by atoms with Crippen molar-refractivity contribution in [2.45, 2.75) is 33.1 Å². The molecule has 2 amide bonds. The molecule has 0 saturated heterocycles. The number of rotatable bonds is 5. The molecule has 0 aromatic carbocycles. The van der Waals surface area contributed by atoms with Crippen LogP contribution in [0.3, 0.4) is 0 Å². The highest BCUT2D eigenvalue weighted by Gasteiger charge is 2.13. The summed E-state index contributed by atoms with van der Waals surface area (Å²) in [6, 6.07) is 5.37. The second kappa shape index (κ2) is 7.49. The highest BCUT2D eigenvalue weighted by Crippen LogP contribution is 2.22. The Morgan fingerprint density at radius 3 is 2.70 bits per heavy atom. The van der Waals surface area contributed by atoms with Gasteiger partial charge in [0.05, 0.1) is 17.4 Å². The molecular formula is C17H20N4O2. The molecule has 0 radical (unpaired) electrons. The first-order chi connectivity index (χ1) is 11.0. The number of pyridine rings is 2. The van der Waals surface area contributed by atoms with Crippen molar-refractivity contribution in [3.8, 4) is 0 Å². The number of nitrogens with one attached hydrogen (secondary N) is 2. The van der Waals surface area contributed by atoms with Crippen LogP contribution in [0, 0.1) is 0 Å². The zero-order valence-corrected chi connectivity index (χ0v) is 13.5. The van der Waals surface area contributed by atoms with Gasteiger partial charge in [0.2, 0.25) is 5.91 Å². The van der Waals surface area contributed by atoms with Crippen LogP contribution in [-0.4, -0.2) is 21.8 Å². The normalized spacial score (nSPS) is 10.4. The van der Waals surface area contributed by atoms with Crippen LogP contribution >= 0.6 is 0 Å². The summed E-state index contributed by atoms with van der Waals surface area (Å²) in [5.74, 6) is 0.338. The number of amides is 2. The molecule has 0 fully saturated rings. The van der Waals surface area contributed by atoms with E-state index >= 15 is 0 Å². The number of hydrogen-bond acceptors (Lipinski definition) is 4. The maximum absolute atomic E-state index is 12.4. The summed E-state index contributed by atoms with van der Waals surface area (Å²) in [7, 11) is 0. The minimum absolute atomic E-state index is 0.129. The van der Waals surface area contributed by atoms with Gasteiger partial charge in [-0.05, 0) is 23.6 Å². The lowest BCUT2D eigenvalue weighted by atomic mass is 10.0. The smallest absolute Gasteiger partial charge is 0.258 e. The van der Waals surface area contributed by atoms with Gasteiger partial charge in [-0.2, -0.15) is 0 Å². The van der Waals surface area contributed by atoms with Gasteiger partial charge in [0.1, 0.15) is 5.82 Å². The van der Waals surface area contributed by atoms with Crippen molar-refractivity contribution in [3.63, 3.8) is 0 Å². The van der Waals surface area contributed by atoms with Crippen molar-refractivity contribution in [2.75, 3.05) is 10.6 Å². The number of carbonyl (C=O) groups is 2. The quantitative estimate of drug-likeness (QED) is 0.888. The van der Waals surface area contributed by atoms with Gasteiger partial charge in [0.25, 0.3) is 5.91 Å². The van der Waals surface area contributed by atoms with Gasteiger partial charge in [-0.1, -0.05) is 26.8 Å². The maximum Gasteiger partial charge on any atom is 0.258 e. The summed E-state index contributed by atoms with van der Waals surface area (Å²) in [5.41, 5.74) is 1.82. The predicted octanol–water partition coefficient (Wildman–Crippen LogP) is 3.20. The van der Waals surface area contributed by atoms with Crippen molar-refractivity contribution < 1.29 is 9.59 Å². The fourth-order valence-corrected chi connectivity index (χ4v) is 2.05.